The molecular weight excluding hydrogens is 594 g/mol. The third kappa shape index (κ3) is 9.15. The standard InChI is InChI=1S/C39H44ClN3O3/c1-5-42(6-2)25-10-26-44-33-19-13-30(14-20-33)37-28-43(32-17-23-36(24-18-32)45-35-21-15-31(40)16-22-35)39(41-37)38(27-29(3)4)46-34-11-8-7-9-12-34/h7-9,11-24,28-29,38H,5-6,10,25-27H2,1-4H3. The average molecular weight is 638 g/mol. The van der Waals surface area contributed by atoms with E-state index in [1.54, 1.807) is 0 Å². The molecule has 0 saturated carbocycles. The van der Waals surface area contributed by atoms with Gasteiger partial charge in [0.25, 0.3) is 0 Å². The smallest absolute Gasteiger partial charge is 0.157 e. The van der Waals surface area contributed by atoms with Crippen molar-refractivity contribution < 1.29 is 14.2 Å². The first kappa shape index (κ1) is 33.1. The molecule has 5 aromatic rings. The van der Waals surface area contributed by atoms with Gasteiger partial charge in [-0.25, -0.2) is 4.98 Å². The Hall–Kier alpha value is -4.26. The van der Waals surface area contributed by atoms with Crippen molar-refractivity contribution in [3.05, 3.63) is 120 Å². The number of hydrogen-bond acceptors (Lipinski definition) is 5. The molecule has 46 heavy (non-hydrogen) atoms. The second-order valence-corrected chi connectivity index (χ2v) is 12.1. The Morgan fingerprint density at radius 1 is 0.761 bits per heavy atom. The lowest BCUT2D eigenvalue weighted by molar-refractivity contribution is 0.166. The van der Waals surface area contributed by atoms with E-state index in [9.17, 15) is 0 Å². The topological polar surface area (TPSA) is 48.8 Å². The number of imidazole rings is 1. The number of ether oxygens (including phenoxy) is 3. The molecule has 1 aromatic heterocycles. The van der Waals surface area contributed by atoms with Crippen LogP contribution < -0.4 is 14.2 Å². The van der Waals surface area contributed by atoms with Crippen LogP contribution in [0.2, 0.25) is 5.02 Å². The lowest BCUT2D eigenvalue weighted by atomic mass is 10.0. The van der Waals surface area contributed by atoms with Gasteiger partial charge in [0.2, 0.25) is 0 Å². The molecule has 5 rings (SSSR count). The number of halogens is 1. The second kappa shape index (κ2) is 16.3. The Balaban J connectivity index is 1.41. The van der Waals surface area contributed by atoms with E-state index >= 15 is 0 Å². The predicted molar refractivity (Wildman–Crippen MR) is 188 cm³/mol. The molecule has 0 aliphatic heterocycles. The number of nitrogens with zero attached hydrogens (tertiary/aromatic N) is 3. The largest absolute Gasteiger partial charge is 0.494 e. The molecule has 1 unspecified atom stereocenters. The van der Waals surface area contributed by atoms with Gasteiger partial charge >= 0.3 is 0 Å². The zero-order valence-electron chi connectivity index (χ0n) is 27.2. The molecule has 0 N–H and O–H groups in total. The molecule has 4 aromatic carbocycles. The van der Waals surface area contributed by atoms with Gasteiger partial charge < -0.3 is 19.1 Å². The highest BCUT2D eigenvalue weighted by atomic mass is 35.5. The molecule has 0 radical (unpaired) electrons. The number of hydrogen-bond donors (Lipinski definition) is 0. The van der Waals surface area contributed by atoms with Gasteiger partial charge in [-0.1, -0.05) is 57.5 Å². The molecule has 1 heterocycles. The van der Waals surface area contributed by atoms with Crippen LogP contribution in [0.5, 0.6) is 23.0 Å². The van der Waals surface area contributed by atoms with Gasteiger partial charge in [0, 0.05) is 29.0 Å². The lowest BCUT2D eigenvalue weighted by Crippen LogP contribution is -2.25. The summed E-state index contributed by atoms with van der Waals surface area (Å²) in [6.45, 7) is 12.7. The third-order valence-electron chi connectivity index (χ3n) is 7.82. The minimum Gasteiger partial charge on any atom is -0.494 e. The summed E-state index contributed by atoms with van der Waals surface area (Å²) in [6, 6.07) is 33.6. The summed E-state index contributed by atoms with van der Waals surface area (Å²) in [6.07, 6.45) is 3.64. The molecule has 6 nitrogen and oxygen atoms in total. The van der Waals surface area contributed by atoms with Crippen LogP contribution in [0, 0.1) is 5.92 Å². The summed E-state index contributed by atoms with van der Waals surface area (Å²) >= 11 is 6.04. The van der Waals surface area contributed by atoms with Crippen molar-refractivity contribution in [1.82, 2.24) is 14.5 Å². The maximum absolute atomic E-state index is 6.60. The summed E-state index contributed by atoms with van der Waals surface area (Å²) in [4.78, 5) is 7.61. The van der Waals surface area contributed by atoms with E-state index in [2.05, 4.69) is 55.5 Å². The number of benzene rings is 4. The molecule has 0 fully saturated rings. The molecule has 0 saturated heterocycles. The first-order chi connectivity index (χ1) is 22.4. The third-order valence-corrected chi connectivity index (χ3v) is 8.08. The van der Waals surface area contributed by atoms with E-state index in [0.717, 1.165) is 78.2 Å². The molecule has 0 amide bonds. The van der Waals surface area contributed by atoms with Crippen LogP contribution in [-0.2, 0) is 0 Å². The zero-order valence-corrected chi connectivity index (χ0v) is 28.0. The van der Waals surface area contributed by atoms with Crippen molar-refractivity contribution in [2.75, 3.05) is 26.2 Å². The maximum atomic E-state index is 6.60. The Kier molecular flexibility index (Phi) is 11.8. The monoisotopic (exact) mass is 637 g/mol. The highest BCUT2D eigenvalue weighted by molar-refractivity contribution is 6.30. The van der Waals surface area contributed by atoms with E-state index in [1.807, 2.05) is 91.0 Å². The van der Waals surface area contributed by atoms with E-state index in [0.29, 0.717) is 17.5 Å². The summed E-state index contributed by atoms with van der Waals surface area (Å²) in [5.41, 5.74) is 2.85. The Morgan fingerprint density at radius 2 is 1.39 bits per heavy atom. The SMILES string of the molecule is CCN(CC)CCCOc1ccc(-c2cn(-c3ccc(Oc4ccc(Cl)cc4)cc3)c(C(CC(C)C)Oc3ccccc3)n2)cc1. The van der Waals surface area contributed by atoms with Crippen LogP contribution in [0.1, 0.15) is 52.5 Å². The number of aromatic nitrogens is 2. The maximum Gasteiger partial charge on any atom is 0.157 e. The van der Waals surface area contributed by atoms with Crippen molar-refractivity contribution in [1.29, 1.82) is 0 Å². The van der Waals surface area contributed by atoms with Gasteiger partial charge in [-0.05, 0) is 117 Å². The van der Waals surface area contributed by atoms with Crippen LogP contribution >= 0.6 is 11.6 Å². The average Bonchev–Trinajstić information content (AvgIpc) is 3.52. The molecule has 240 valence electrons. The van der Waals surface area contributed by atoms with Crippen LogP contribution in [0.3, 0.4) is 0 Å². The Bertz CT molecular complexity index is 1610. The molecular formula is C39H44ClN3O3. The fourth-order valence-electron chi connectivity index (χ4n) is 5.32. The molecule has 0 aliphatic rings. The summed E-state index contributed by atoms with van der Waals surface area (Å²) < 4.78 is 20.8. The highest BCUT2D eigenvalue weighted by Gasteiger charge is 2.24. The van der Waals surface area contributed by atoms with E-state index in [-0.39, 0.29) is 6.10 Å². The molecule has 0 spiro atoms. The second-order valence-electron chi connectivity index (χ2n) is 11.7. The van der Waals surface area contributed by atoms with Gasteiger partial charge in [-0.2, -0.15) is 0 Å². The van der Waals surface area contributed by atoms with Gasteiger partial charge in [-0.3, -0.25) is 4.57 Å². The fourth-order valence-corrected chi connectivity index (χ4v) is 5.44. The number of rotatable bonds is 16. The van der Waals surface area contributed by atoms with Crippen molar-refractivity contribution in [3.63, 3.8) is 0 Å². The summed E-state index contributed by atoms with van der Waals surface area (Å²) in [5.74, 6) is 4.39. The van der Waals surface area contributed by atoms with Crippen molar-refractivity contribution >= 4 is 11.6 Å². The predicted octanol–water partition coefficient (Wildman–Crippen LogP) is 10.3. The minimum atomic E-state index is -0.255. The van der Waals surface area contributed by atoms with Gasteiger partial charge in [-0.15, -0.1) is 0 Å². The van der Waals surface area contributed by atoms with Gasteiger partial charge in [0.15, 0.2) is 11.9 Å². The normalized spacial score (nSPS) is 12.0. The van der Waals surface area contributed by atoms with Crippen molar-refractivity contribution in [3.8, 4) is 39.9 Å². The first-order valence-corrected chi connectivity index (χ1v) is 16.6. The van der Waals surface area contributed by atoms with E-state index in [4.69, 9.17) is 30.8 Å². The Morgan fingerprint density at radius 3 is 2.02 bits per heavy atom. The van der Waals surface area contributed by atoms with E-state index in [1.165, 1.54) is 0 Å². The van der Waals surface area contributed by atoms with Crippen LogP contribution in [-0.4, -0.2) is 40.7 Å². The zero-order chi connectivity index (χ0) is 32.3. The van der Waals surface area contributed by atoms with Gasteiger partial charge in [0.1, 0.15) is 23.0 Å². The Labute approximate surface area is 278 Å². The lowest BCUT2D eigenvalue weighted by Gasteiger charge is -2.22. The molecule has 0 bridgehead atoms. The fraction of sp³-hybridized carbons (Fsp3) is 0.308. The highest BCUT2D eigenvalue weighted by Crippen LogP contribution is 2.33. The van der Waals surface area contributed by atoms with Crippen molar-refractivity contribution in [2.45, 2.75) is 46.6 Å². The molecule has 0 aliphatic carbocycles. The van der Waals surface area contributed by atoms with E-state index < -0.39 is 0 Å². The number of para-hydroxylation sites is 1. The summed E-state index contributed by atoms with van der Waals surface area (Å²) in [7, 11) is 0. The molecule has 7 heteroatoms. The molecule has 1 atom stereocenters. The first-order valence-electron chi connectivity index (χ1n) is 16.2. The van der Waals surface area contributed by atoms with Crippen molar-refractivity contribution in [2.24, 2.45) is 5.92 Å². The summed E-state index contributed by atoms with van der Waals surface area (Å²) in [5, 5.41) is 0.674. The van der Waals surface area contributed by atoms with Crippen LogP contribution in [0.4, 0.5) is 0 Å². The van der Waals surface area contributed by atoms with Gasteiger partial charge in [0.05, 0.1) is 12.3 Å². The minimum absolute atomic E-state index is 0.255. The van der Waals surface area contributed by atoms with Crippen LogP contribution in [0.25, 0.3) is 16.9 Å². The van der Waals surface area contributed by atoms with Crippen LogP contribution in [0.15, 0.2) is 109 Å². The quantitative estimate of drug-likeness (QED) is 0.101.